The number of nitrogens with zero attached hydrogens (tertiary/aromatic N) is 4. The number of hydrogen-bond donors (Lipinski definition) is 2. The molecule has 0 saturated carbocycles. The van der Waals surface area contributed by atoms with Crippen LogP contribution in [0.15, 0.2) is 55.0 Å². The number of anilines is 2. The quantitative estimate of drug-likeness (QED) is 0.193. The van der Waals surface area contributed by atoms with Gasteiger partial charge in [0.2, 0.25) is 0 Å². The summed E-state index contributed by atoms with van der Waals surface area (Å²) in [6.45, 7) is 14.2. The van der Waals surface area contributed by atoms with Gasteiger partial charge >= 0.3 is 0 Å². The van der Waals surface area contributed by atoms with E-state index >= 15 is 0 Å². The van der Waals surface area contributed by atoms with Crippen molar-refractivity contribution in [3.8, 4) is 0 Å². The van der Waals surface area contributed by atoms with Crippen LogP contribution in [0, 0.1) is 13.8 Å². The lowest BCUT2D eigenvalue weighted by atomic mass is 10.1. The van der Waals surface area contributed by atoms with Gasteiger partial charge in [-0.2, -0.15) is 5.10 Å². The number of benzene rings is 1. The summed E-state index contributed by atoms with van der Waals surface area (Å²) in [7, 11) is -1.13. The Morgan fingerprint density at radius 2 is 1.89 bits per heavy atom. The van der Waals surface area contributed by atoms with Crippen molar-refractivity contribution in [1.29, 1.82) is 0 Å². The van der Waals surface area contributed by atoms with E-state index in [-0.39, 0.29) is 11.9 Å². The van der Waals surface area contributed by atoms with Gasteiger partial charge in [-0.25, -0.2) is 9.67 Å². The maximum absolute atomic E-state index is 12.6. The Labute approximate surface area is 219 Å². The van der Waals surface area contributed by atoms with Gasteiger partial charge in [0.05, 0.1) is 23.1 Å². The van der Waals surface area contributed by atoms with Crippen LogP contribution in [0.2, 0.25) is 25.7 Å². The fourth-order valence-electron chi connectivity index (χ4n) is 4.01. The summed E-state index contributed by atoms with van der Waals surface area (Å²) in [6.07, 6.45) is 5.13. The van der Waals surface area contributed by atoms with Crippen LogP contribution in [0.5, 0.6) is 0 Å². The molecule has 0 aliphatic heterocycles. The molecule has 0 aliphatic rings. The molecule has 4 aromatic rings. The highest BCUT2D eigenvalue weighted by atomic mass is 28.3. The second-order valence-electron chi connectivity index (χ2n) is 10.7. The van der Waals surface area contributed by atoms with Crippen LogP contribution in [0.1, 0.15) is 40.1 Å². The third kappa shape index (κ3) is 7.02. The number of fused-ring (bicyclic) bond motifs is 1. The largest absolute Gasteiger partial charge is 0.377 e. The Balaban J connectivity index is 1.42. The van der Waals surface area contributed by atoms with E-state index < -0.39 is 8.07 Å². The van der Waals surface area contributed by atoms with Crippen LogP contribution in [-0.2, 0) is 11.5 Å². The molecule has 3 heterocycles. The summed E-state index contributed by atoms with van der Waals surface area (Å²) in [4.78, 5) is 21.4. The van der Waals surface area contributed by atoms with Gasteiger partial charge in [0.15, 0.2) is 5.65 Å². The molecule has 0 aliphatic carbocycles. The minimum atomic E-state index is -1.13. The lowest BCUT2D eigenvalue weighted by molar-refractivity contribution is 0.0811. The molecule has 1 atom stereocenters. The third-order valence-electron chi connectivity index (χ3n) is 6.15. The number of rotatable bonds is 10. The maximum Gasteiger partial charge on any atom is 0.257 e. The minimum absolute atomic E-state index is 0.00279. The highest BCUT2D eigenvalue weighted by Crippen LogP contribution is 2.25. The minimum Gasteiger partial charge on any atom is -0.377 e. The number of ether oxygens (including phenoxy) is 1. The number of hydrogen-bond acceptors (Lipinski definition) is 6. The first-order chi connectivity index (χ1) is 17.6. The summed E-state index contributed by atoms with van der Waals surface area (Å²) in [5.74, 6) is -0.180. The van der Waals surface area contributed by atoms with E-state index in [2.05, 4.69) is 58.3 Å². The third-order valence-corrected chi connectivity index (χ3v) is 7.85. The molecule has 0 saturated heterocycles. The second kappa shape index (κ2) is 11.2. The monoisotopic (exact) mass is 516 g/mol. The first-order valence-corrected chi connectivity index (χ1v) is 16.3. The van der Waals surface area contributed by atoms with E-state index in [0.29, 0.717) is 12.3 Å². The zero-order chi connectivity index (χ0) is 26.6. The van der Waals surface area contributed by atoms with Crippen LogP contribution in [-0.4, -0.2) is 40.3 Å². The van der Waals surface area contributed by atoms with E-state index in [1.165, 1.54) is 0 Å². The predicted octanol–water partition coefficient (Wildman–Crippen LogP) is 6.18. The fraction of sp³-hybridized carbons (Fsp3) is 0.357. The van der Waals surface area contributed by atoms with Gasteiger partial charge in [0.25, 0.3) is 5.91 Å². The smallest absolute Gasteiger partial charge is 0.257 e. The summed E-state index contributed by atoms with van der Waals surface area (Å²) >= 11 is 0. The predicted molar refractivity (Wildman–Crippen MR) is 152 cm³/mol. The molecule has 0 unspecified atom stereocenters. The van der Waals surface area contributed by atoms with E-state index in [0.717, 1.165) is 51.9 Å². The van der Waals surface area contributed by atoms with E-state index in [1.54, 1.807) is 12.4 Å². The lowest BCUT2D eigenvalue weighted by Gasteiger charge is -2.17. The summed E-state index contributed by atoms with van der Waals surface area (Å²) < 4.78 is 7.72. The highest BCUT2D eigenvalue weighted by molar-refractivity contribution is 6.76. The van der Waals surface area contributed by atoms with Crippen LogP contribution in [0.3, 0.4) is 0 Å². The zero-order valence-electron chi connectivity index (χ0n) is 22.5. The molecule has 9 heteroatoms. The van der Waals surface area contributed by atoms with Crippen molar-refractivity contribution in [3.05, 3.63) is 77.4 Å². The Morgan fingerprint density at radius 3 is 2.65 bits per heavy atom. The van der Waals surface area contributed by atoms with Crippen LogP contribution in [0.25, 0.3) is 11.0 Å². The second-order valence-corrected chi connectivity index (χ2v) is 16.3. The molecule has 1 aromatic carbocycles. The SMILES string of the molecule is Cc1cncc(C(=O)Nc2cccc([C@H](C)Nc3cnc4c(c3)c(C)nn4COCC[Si](C)(C)C)c2)c1. The standard InChI is InChI=1S/C28H36N6O2Si/c1-19-12-23(16-29-15-19)28(35)32-24-9-7-8-22(13-24)20(2)31-25-14-26-21(3)33-34(27(26)30-17-25)18-36-10-11-37(4,5)6/h7-9,12-17,20,31H,10-11,18H2,1-6H3,(H,32,35)/t20-/m0/s1. The molecule has 0 spiro atoms. The van der Waals surface area contributed by atoms with Gasteiger partial charge in [0, 0.05) is 44.2 Å². The molecule has 194 valence electrons. The van der Waals surface area contributed by atoms with Gasteiger partial charge in [0.1, 0.15) is 6.73 Å². The first kappa shape index (κ1) is 26.5. The highest BCUT2D eigenvalue weighted by Gasteiger charge is 2.15. The Hall–Kier alpha value is -3.56. The Bertz CT molecular complexity index is 1400. The molecule has 8 nitrogen and oxygen atoms in total. The summed E-state index contributed by atoms with van der Waals surface area (Å²) in [5, 5.41) is 12.1. The molecular formula is C28H36N6O2Si. The van der Waals surface area contributed by atoms with E-state index in [1.807, 2.05) is 55.1 Å². The fourth-order valence-corrected chi connectivity index (χ4v) is 4.77. The van der Waals surface area contributed by atoms with Gasteiger partial charge in [-0.05, 0) is 62.2 Å². The number of carbonyl (C=O) groups excluding carboxylic acids is 1. The average molecular weight is 517 g/mol. The molecule has 3 aromatic heterocycles. The number of amides is 1. The van der Waals surface area contributed by atoms with Crippen LogP contribution >= 0.6 is 0 Å². The molecule has 2 N–H and O–H groups in total. The number of nitrogens with one attached hydrogen (secondary N) is 2. The number of pyridine rings is 2. The van der Waals surface area contributed by atoms with Gasteiger partial charge in [-0.15, -0.1) is 0 Å². The molecule has 0 radical (unpaired) electrons. The molecular weight excluding hydrogens is 480 g/mol. The summed E-state index contributed by atoms with van der Waals surface area (Å²) in [5.41, 5.74) is 5.90. The van der Waals surface area contributed by atoms with Crippen LogP contribution in [0.4, 0.5) is 11.4 Å². The van der Waals surface area contributed by atoms with Crippen molar-refractivity contribution < 1.29 is 9.53 Å². The van der Waals surface area contributed by atoms with Gasteiger partial charge < -0.3 is 15.4 Å². The van der Waals surface area contributed by atoms with Crippen molar-refractivity contribution in [3.63, 3.8) is 0 Å². The molecule has 37 heavy (non-hydrogen) atoms. The van der Waals surface area contributed by atoms with E-state index in [9.17, 15) is 4.79 Å². The van der Waals surface area contributed by atoms with Gasteiger partial charge in [-0.3, -0.25) is 9.78 Å². The zero-order valence-corrected chi connectivity index (χ0v) is 23.5. The normalized spacial score (nSPS) is 12.5. The maximum atomic E-state index is 12.6. The van der Waals surface area contributed by atoms with E-state index in [4.69, 9.17) is 4.74 Å². The first-order valence-electron chi connectivity index (χ1n) is 12.6. The molecule has 0 fully saturated rings. The van der Waals surface area contributed by atoms with Crippen molar-refractivity contribution in [1.82, 2.24) is 19.7 Å². The molecule has 1 amide bonds. The Morgan fingerprint density at radius 1 is 1.08 bits per heavy atom. The van der Waals surface area contributed by atoms with Crippen molar-refractivity contribution in [2.75, 3.05) is 17.2 Å². The molecule has 4 rings (SSSR count). The average Bonchev–Trinajstić information content (AvgIpc) is 3.16. The van der Waals surface area contributed by atoms with Crippen molar-refractivity contribution >= 4 is 36.4 Å². The number of carbonyl (C=O) groups is 1. The number of aromatic nitrogens is 4. The molecule has 0 bridgehead atoms. The summed E-state index contributed by atoms with van der Waals surface area (Å²) in [6, 6.07) is 12.9. The van der Waals surface area contributed by atoms with Gasteiger partial charge in [-0.1, -0.05) is 31.8 Å². The lowest BCUT2D eigenvalue weighted by Crippen LogP contribution is -2.22. The van der Waals surface area contributed by atoms with Crippen LogP contribution < -0.4 is 10.6 Å². The Kier molecular flexibility index (Phi) is 8.04. The van der Waals surface area contributed by atoms with Crippen molar-refractivity contribution in [2.45, 2.75) is 59.2 Å². The number of aryl methyl sites for hydroxylation is 2. The van der Waals surface area contributed by atoms with Crippen molar-refractivity contribution in [2.24, 2.45) is 0 Å². The topological polar surface area (TPSA) is 94.0 Å².